The van der Waals surface area contributed by atoms with Gasteiger partial charge in [-0.3, -0.25) is 14.6 Å². The molecule has 1 aliphatic heterocycles. The number of carbonyl (C=O) groups excluding carboxylic acids is 1. The SMILES string of the molecule is CCOCCC(=O)N1CCn2nc(-c3cccnc3)nc2[C@@H]1[C@@H](C)CC.O=CO. The quantitative estimate of drug-likeness (QED) is 0.558. The Labute approximate surface area is 170 Å². The van der Waals surface area contributed by atoms with E-state index in [2.05, 4.69) is 23.9 Å². The van der Waals surface area contributed by atoms with E-state index in [4.69, 9.17) is 19.6 Å². The number of carboxylic acid groups (broad SMARTS) is 1. The summed E-state index contributed by atoms with van der Waals surface area (Å²) in [4.78, 5) is 32.0. The van der Waals surface area contributed by atoms with Gasteiger partial charge in [-0.25, -0.2) is 9.67 Å². The fourth-order valence-corrected chi connectivity index (χ4v) is 3.35. The highest BCUT2D eigenvalue weighted by molar-refractivity contribution is 5.77. The smallest absolute Gasteiger partial charge is 0.290 e. The van der Waals surface area contributed by atoms with Crippen molar-refractivity contribution in [3.8, 4) is 11.4 Å². The van der Waals surface area contributed by atoms with Crippen molar-refractivity contribution in [2.45, 2.75) is 46.2 Å². The molecule has 3 heterocycles. The maximum Gasteiger partial charge on any atom is 0.290 e. The Morgan fingerprint density at radius 2 is 2.17 bits per heavy atom. The molecule has 2 aromatic rings. The second kappa shape index (κ2) is 11.3. The molecule has 1 amide bonds. The lowest BCUT2D eigenvalue weighted by atomic mass is 9.95. The standard InChI is InChI=1S/C19H27N5O2.CH2O2/c1-4-14(3)17-19-21-18(15-7-6-9-20-13-15)22-24(19)11-10-23(17)16(25)8-12-26-5-2;2-1-3/h6-7,9,13-14,17H,4-5,8,10-12H2,1-3H3;1H,(H,2,3)/t14-,17-;/m0./s1. The van der Waals surface area contributed by atoms with Gasteiger partial charge in [-0.2, -0.15) is 5.10 Å². The predicted molar refractivity (Wildman–Crippen MR) is 107 cm³/mol. The fourth-order valence-electron chi connectivity index (χ4n) is 3.35. The van der Waals surface area contributed by atoms with Crippen LogP contribution in [-0.2, 0) is 20.9 Å². The number of rotatable bonds is 7. The highest BCUT2D eigenvalue weighted by Crippen LogP contribution is 2.34. The number of amides is 1. The Kier molecular flexibility index (Phi) is 8.72. The Balaban J connectivity index is 0.000000941. The van der Waals surface area contributed by atoms with Gasteiger partial charge in [0.05, 0.1) is 25.6 Å². The van der Waals surface area contributed by atoms with Crippen molar-refractivity contribution in [3.63, 3.8) is 0 Å². The van der Waals surface area contributed by atoms with Crippen LogP contribution in [0.1, 0.15) is 45.5 Å². The maximum atomic E-state index is 12.8. The third-order valence-electron chi connectivity index (χ3n) is 4.94. The van der Waals surface area contributed by atoms with E-state index in [1.807, 2.05) is 28.6 Å². The van der Waals surface area contributed by atoms with Crippen molar-refractivity contribution in [1.82, 2.24) is 24.6 Å². The summed E-state index contributed by atoms with van der Waals surface area (Å²) in [5, 5.41) is 11.5. The number of aromatic nitrogens is 4. The molecule has 1 N–H and O–H groups in total. The van der Waals surface area contributed by atoms with Crippen LogP contribution in [0, 0.1) is 5.92 Å². The molecule has 2 aromatic heterocycles. The molecular formula is C20H29N5O4. The molecule has 0 unspecified atom stereocenters. The summed E-state index contributed by atoms with van der Waals surface area (Å²) in [6.45, 7) is 8.42. The molecule has 0 aromatic carbocycles. The van der Waals surface area contributed by atoms with Crippen LogP contribution in [0.4, 0.5) is 0 Å². The Morgan fingerprint density at radius 1 is 1.41 bits per heavy atom. The summed E-state index contributed by atoms with van der Waals surface area (Å²) in [6, 6.07) is 3.78. The van der Waals surface area contributed by atoms with E-state index >= 15 is 0 Å². The second-order valence-corrected chi connectivity index (χ2v) is 6.73. The van der Waals surface area contributed by atoms with Gasteiger partial charge in [-0.15, -0.1) is 0 Å². The van der Waals surface area contributed by atoms with Gasteiger partial charge in [-0.05, 0) is 25.0 Å². The molecule has 1 aliphatic rings. The Hall–Kier alpha value is -2.81. The highest BCUT2D eigenvalue weighted by Gasteiger charge is 2.36. The zero-order valence-electron chi connectivity index (χ0n) is 17.2. The monoisotopic (exact) mass is 403 g/mol. The van der Waals surface area contributed by atoms with E-state index in [0.29, 0.717) is 44.5 Å². The zero-order chi connectivity index (χ0) is 21.2. The maximum absolute atomic E-state index is 12.8. The van der Waals surface area contributed by atoms with Gasteiger partial charge in [-0.1, -0.05) is 20.3 Å². The number of pyridine rings is 1. The minimum atomic E-state index is -0.250. The molecule has 0 saturated heterocycles. The number of hydrogen-bond acceptors (Lipinski definition) is 6. The number of ether oxygens (including phenoxy) is 1. The van der Waals surface area contributed by atoms with Crippen LogP contribution in [0.2, 0.25) is 0 Å². The average molecular weight is 403 g/mol. The van der Waals surface area contributed by atoms with Crippen LogP contribution >= 0.6 is 0 Å². The molecule has 0 bridgehead atoms. The van der Waals surface area contributed by atoms with Crippen LogP contribution in [-0.4, -0.2) is 61.9 Å². The van der Waals surface area contributed by atoms with Gasteiger partial charge in [0.15, 0.2) is 11.6 Å². The Bertz CT molecular complexity index is 780. The summed E-state index contributed by atoms with van der Waals surface area (Å²) >= 11 is 0. The first-order chi connectivity index (χ1) is 14.1. The largest absolute Gasteiger partial charge is 0.483 e. The molecule has 9 nitrogen and oxygen atoms in total. The van der Waals surface area contributed by atoms with Crippen LogP contribution in [0.3, 0.4) is 0 Å². The Morgan fingerprint density at radius 3 is 2.79 bits per heavy atom. The average Bonchev–Trinajstić information content (AvgIpc) is 3.18. The summed E-state index contributed by atoms with van der Waals surface area (Å²) in [5.41, 5.74) is 0.895. The third kappa shape index (κ3) is 5.60. The van der Waals surface area contributed by atoms with Gasteiger partial charge in [0, 0.05) is 31.1 Å². The van der Waals surface area contributed by atoms with Crippen LogP contribution in [0.25, 0.3) is 11.4 Å². The van der Waals surface area contributed by atoms with E-state index in [-0.39, 0.29) is 18.4 Å². The third-order valence-corrected chi connectivity index (χ3v) is 4.94. The molecule has 0 radical (unpaired) electrons. The molecule has 0 fully saturated rings. The molecule has 0 spiro atoms. The zero-order valence-corrected chi connectivity index (χ0v) is 17.2. The molecule has 158 valence electrons. The van der Waals surface area contributed by atoms with Crippen LogP contribution in [0.15, 0.2) is 24.5 Å². The van der Waals surface area contributed by atoms with E-state index in [0.717, 1.165) is 17.8 Å². The first-order valence-electron chi connectivity index (χ1n) is 9.87. The summed E-state index contributed by atoms with van der Waals surface area (Å²) in [5.74, 6) is 1.97. The van der Waals surface area contributed by atoms with Gasteiger partial charge in [0.2, 0.25) is 5.91 Å². The molecule has 9 heteroatoms. The van der Waals surface area contributed by atoms with Crippen molar-refractivity contribution in [2.75, 3.05) is 19.8 Å². The van der Waals surface area contributed by atoms with E-state index in [1.165, 1.54) is 0 Å². The number of carbonyl (C=O) groups is 2. The van der Waals surface area contributed by atoms with Crippen molar-refractivity contribution in [3.05, 3.63) is 30.4 Å². The number of fused-ring (bicyclic) bond motifs is 1. The van der Waals surface area contributed by atoms with Crippen molar-refractivity contribution in [2.24, 2.45) is 5.92 Å². The lowest BCUT2D eigenvalue weighted by molar-refractivity contribution is -0.137. The van der Waals surface area contributed by atoms with Crippen molar-refractivity contribution >= 4 is 12.4 Å². The predicted octanol–water partition coefficient (Wildman–Crippen LogP) is 2.40. The topological polar surface area (TPSA) is 110 Å². The normalized spacial score (nSPS) is 16.4. The number of nitrogens with zero attached hydrogens (tertiary/aromatic N) is 5. The lowest BCUT2D eigenvalue weighted by Crippen LogP contribution is -2.45. The minimum Gasteiger partial charge on any atom is -0.483 e. The summed E-state index contributed by atoms with van der Waals surface area (Å²) in [7, 11) is 0. The van der Waals surface area contributed by atoms with Gasteiger partial charge in [0.1, 0.15) is 0 Å². The second-order valence-electron chi connectivity index (χ2n) is 6.73. The van der Waals surface area contributed by atoms with Gasteiger partial charge in [0.25, 0.3) is 6.47 Å². The molecule has 0 aliphatic carbocycles. The van der Waals surface area contributed by atoms with Gasteiger partial charge >= 0.3 is 0 Å². The number of hydrogen-bond donors (Lipinski definition) is 1. The van der Waals surface area contributed by atoms with E-state index in [9.17, 15) is 4.79 Å². The molecule has 0 saturated carbocycles. The summed E-state index contributed by atoms with van der Waals surface area (Å²) in [6.07, 6.45) is 4.88. The van der Waals surface area contributed by atoms with Crippen LogP contribution < -0.4 is 0 Å². The van der Waals surface area contributed by atoms with Crippen molar-refractivity contribution < 1.29 is 19.4 Å². The van der Waals surface area contributed by atoms with E-state index in [1.54, 1.807) is 12.4 Å². The highest BCUT2D eigenvalue weighted by atomic mass is 16.5. The minimum absolute atomic E-state index is 0.0548. The first kappa shape index (κ1) is 22.5. The van der Waals surface area contributed by atoms with Crippen LogP contribution in [0.5, 0.6) is 0 Å². The lowest BCUT2D eigenvalue weighted by Gasteiger charge is -2.38. The summed E-state index contributed by atoms with van der Waals surface area (Å²) < 4.78 is 7.31. The van der Waals surface area contributed by atoms with Gasteiger partial charge < -0.3 is 14.7 Å². The molecular weight excluding hydrogens is 374 g/mol. The molecule has 29 heavy (non-hydrogen) atoms. The fraction of sp³-hybridized carbons (Fsp3) is 0.550. The van der Waals surface area contributed by atoms with Crippen molar-refractivity contribution in [1.29, 1.82) is 0 Å². The molecule has 3 rings (SSSR count). The van der Waals surface area contributed by atoms with E-state index < -0.39 is 0 Å². The first-order valence-corrected chi connectivity index (χ1v) is 9.87. The molecule has 2 atom stereocenters.